The number of nitrogens with zero attached hydrogens (tertiary/aromatic N) is 4. The third kappa shape index (κ3) is 5.18. The minimum Gasteiger partial charge on any atom is -0.386 e. The Morgan fingerprint density at radius 1 is 1.43 bits per heavy atom. The van der Waals surface area contributed by atoms with Crippen LogP contribution in [0.2, 0.25) is 0 Å². The van der Waals surface area contributed by atoms with Crippen molar-refractivity contribution in [1.82, 2.24) is 9.88 Å². The molecule has 1 unspecified atom stereocenters. The van der Waals surface area contributed by atoms with Gasteiger partial charge in [-0.15, -0.1) is 0 Å². The van der Waals surface area contributed by atoms with Crippen LogP contribution >= 0.6 is 0 Å². The van der Waals surface area contributed by atoms with Gasteiger partial charge < -0.3 is 21.9 Å². The van der Waals surface area contributed by atoms with Crippen molar-refractivity contribution >= 4 is 23.6 Å². The first kappa shape index (κ1) is 22.3. The van der Waals surface area contributed by atoms with Crippen LogP contribution < -0.4 is 17.2 Å². The van der Waals surface area contributed by atoms with Gasteiger partial charge in [0.2, 0.25) is 11.9 Å². The molecule has 3 rings (SSSR count). The molecule has 1 amide bonds. The van der Waals surface area contributed by atoms with E-state index in [1.54, 1.807) is 7.11 Å². The summed E-state index contributed by atoms with van der Waals surface area (Å²) in [5, 5.41) is 0. The number of aromatic nitrogens is 1. The molecule has 1 aromatic rings. The number of ether oxygens (including phenoxy) is 1. The maximum absolute atomic E-state index is 13.3. The molecular weight excluding hydrogens is 389 g/mol. The number of rotatable bonds is 8. The number of primary amides is 1. The third-order valence-corrected chi connectivity index (χ3v) is 6.08. The minimum atomic E-state index is -1.000. The van der Waals surface area contributed by atoms with Crippen LogP contribution in [0.4, 0.5) is 10.1 Å². The van der Waals surface area contributed by atoms with Crippen LogP contribution in [0, 0.1) is 11.9 Å². The summed E-state index contributed by atoms with van der Waals surface area (Å²) in [7, 11) is 1.74. The zero-order chi connectivity index (χ0) is 21.7. The molecule has 10 heteroatoms. The van der Waals surface area contributed by atoms with Crippen molar-refractivity contribution in [3.8, 4) is 0 Å². The molecule has 1 atom stereocenters. The first-order valence-corrected chi connectivity index (χ1v) is 10.1. The average Bonchev–Trinajstić information content (AvgIpc) is 2.68. The lowest BCUT2D eigenvalue weighted by atomic mass is 9.78. The van der Waals surface area contributed by atoms with E-state index in [-0.39, 0.29) is 11.5 Å². The second kappa shape index (κ2) is 9.59. The normalized spacial score (nSPS) is 27.2. The molecule has 1 aromatic heterocycles. The smallest absolute Gasteiger partial charge is 0.233 e. The molecule has 1 aliphatic heterocycles. The SMILES string of the molecule is COC1CN(C2CCC(CN)(N=CC(C(N)=O)C(N)=Nc3ccnc(F)c3)CC2)C1. The number of carbonyl (C=O) groups is 1. The number of amides is 1. The van der Waals surface area contributed by atoms with Crippen molar-refractivity contribution in [2.45, 2.75) is 43.4 Å². The number of hydrogen-bond donors (Lipinski definition) is 3. The second-order valence-electron chi connectivity index (χ2n) is 8.00. The van der Waals surface area contributed by atoms with Gasteiger partial charge in [0.15, 0.2) is 0 Å². The van der Waals surface area contributed by atoms with Crippen molar-refractivity contribution in [1.29, 1.82) is 0 Å². The molecule has 1 saturated heterocycles. The van der Waals surface area contributed by atoms with Crippen LogP contribution in [0.1, 0.15) is 25.7 Å². The van der Waals surface area contributed by atoms with Gasteiger partial charge in [-0.1, -0.05) is 0 Å². The van der Waals surface area contributed by atoms with Gasteiger partial charge >= 0.3 is 0 Å². The fourth-order valence-corrected chi connectivity index (χ4v) is 4.02. The number of nitrogens with two attached hydrogens (primary N) is 3. The molecule has 0 radical (unpaired) electrons. The Bertz CT molecular complexity index is 802. The average molecular weight is 420 g/mol. The molecular formula is C20H30FN7O2. The molecule has 6 N–H and O–H groups in total. The number of pyridine rings is 1. The predicted octanol–water partition coefficient (Wildman–Crippen LogP) is 0.352. The highest BCUT2D eigenvalue weighted by atomic mass is 19.1. The summed E-state index contributed by atoms with van der Waals surface area (Å²) in [6.45, 7) is 2.30. The number of amidine groups is 1. The van der Waals surface area contributed by atoms with Crippen molar-refractivity contribution in [3.05, 3.63) is 24.3 Å². The number of carbonyl (C=O) groups excluding carboxylic acids is 1. The van der Waals surface area contributed by atoms with Gasteiger partial charge in [-0.3, -0.25) is 14.7 Å². The lowest BCUT2D eigenvalue weighted by molar-refractivity contribution is -0.118. The molecule has 0 spiro atoms. The number of methoxy groups -OCH3 is 1. The lowest BCUT2D eigenvalue weighted by Crippen LogP contribution is -2.58. The van der Waals surface area contributed by atoms with E-state index in [1.807, 2.05) is 0 Å². The van der Waals surface area contributed by atoms with Crippen LogP contribution in [-0.2, 0) is 9.53 Å². The molecule has 1 saturated carbocycles. The van der Waals surface area contributed by atoms with Crippen molar-refractivity contribution in [2.24, 2.45) is 33.1 Å². The lowest BCUT2D eigenvalue weighted by Gasteiger charge is -2.47. The number of hydrogen-bond acceptors (Lipinski definition) is 7. The quantitative estimate of drug-likeness (QED) is 0.315. The molecule has 164 valence electrons. The summed E-state index contributed by atoms with van der Waals surface area (Å²) < 4.78 is 18.6. The first-order chi connectivity index (χ1) is 14.4. The standard InChI is InChI=1S/C20H30FN7O2/c1-30-15-10-28(11-15)14-2-5-20(12-22,6-3-14)26-9-16(19(24)29)18(23)27-13-4-7-25-17(21)8-13/h4,7-9,14-16H,2-3,5-6,10-12,22H2,1H3,(H2,24,29)(H2,23,25,27). The highest BCUT2D eigenvalue weighted by Crippen LogP contribution is 2.35. The highest BCUT2D eigenvalue weighted by molar-refractivity contribution is 6.14. The molecule has 9 nitrogen and oxygen atoms in total. The minimum absolute atomic E-state index is 0.0520. The molecule has 2 aliphatic rings. The Kier molecular flexibility index (Phi) is 7.11. The van der Waals surface area contributed by atoms with Gasteiger partial charge in [0.1, 0.15) is 11.8 Å². The molecule has 1 aliphatic carbocycles. The summed E-state index contributed by atoms with van der Waals surface area (Å²) in [4.78, 5) is 26.6. The van der Waals surface area contributed by atoms with E-state index < -0.39 is 23.3 Å². The van der Waals surface area contributed by atoms with E-state index >= 15 is 0 Å². The van der Waals surface area contributed by atoms with Gasteiger partial charge in [-0.2, -0.15) is 4.39 Å². The van der Waals surface area contributed by atoms with Crippen LogP contribution in [-0.4, -0.2) is 72.3 Å². The molecule has 2 heterocycles. The summed E-state index contributed by atoms with van der Waals surface area (Å²) in [6.07, 6.45) is 6.63. The second-order valence-corrected chi connectivity index (χ2v) is 8.00. The van der Waals surface area contributed by atoms with Gasteiger partial charge in [-0.25, -0.2) is 9.98 Å². The van der Waals surface area contributed by atoms with Crippen molar-refractivity contribution in [2.75, 3.05) is 26.7 Å². The summed E-state index contributed by atoms with van der Waals surface area (Å²) in [5.41, 5.74) is 17.3. The van der Waals surface area contributed by atoms with E-state index in [4.69, 9.17) is 21.9 Å². The predicted molar refractivity (Wildman–Crippen MR) is 113 cm³/mol. The Hall–Kier alpha value is -2.43. The fraction of sp³-hybridized carbons (Fsp3) is 0.600. The summed E-state index contributed by atoms with van der Waals surface area (Å²) >= 11 is 0. The number of likely N-dealkylation sites (tertiary alicyclic amines) is 1. The molecule has 0 bridgehead atoms. The highest BCUT2D eigenvalue weighted by Gasteiger charge is 2.39. The van der Waals surface area contributed by atoms with E-state index in [2.05, 4.69) is 19.9 Å². The zero-order valence-electron chi connectivity index (χ0n) is 17.2. The van der Waals surface area contributed by atoms with Gasteiger partial charge in [0, 0.05) is 51.3 Å². The van der Waals surface area contributed by atoms with E-state index in [0.29, 0.717) is 18.7 Å². The first-order valence-electron chi connectivity index (χ1n) is 10.1. The van der Waals surface area contributed by atoms with E-state index in [1.165, 1.54) is 18.5 Å². The Labute approximate surface area is 175 Å². The molecule has 30 heavy (non-hydrogen) atoms. The number of halogens is 1. The summed E-state index contributed by atoms with van der Waals surface area (Å²) in [6, 6.07) is 3.11. The zero-order valence-corrected chi connectivity index (χ0v) is 17.2. The van der Waals surface area contributed by atoms with Gasteiger partial charge in [-0.05, 0) is 31.7 Å². The van der Waals surface area contributed by atoms with E-state index in [9.17, 15) is 9.18 Å². The van der Waals surface area contributed by atoms with Crippen LogP contribution in [0.25, 0.3) is 0 Å². The molecule has 2 fully saturated rings. The van der Waals surface area contributed by atoms with Crippen molar-refractivity contribution in [3.63, 3.8) is 0 Å². The fourth-order valence-electron chi connectivity index (χ4n) is 4.02. The Morgan fingerprint density at radius 3 is 2.70 bits per heavy atom. The van der Waals surface area contributed by atoms with Crippen LogP contribution in [0.5, 0.6) is 0 Å². The number of aliphatic imine (C=N–C) groups is 2. The monoisotopic (exact) mass is 419 g/mol. The maximum atomic E-state index is 13.3. The third-order valence-electron chi connectivity index (χ3n) is 6.08. The Morgan fingerprint density at radius 2 is 2.13 bits per heavy atom. The van der Waals surface area contributed by atoms with Crippen molar-refractivity contribution < 1.29 is 13.9 Å². The summed E-state index contributed by atoms with van der Waals surface area (Å²) in [5.74, 6) is -2.42. The maximum Gasteiger partial charge on any atom is 0.233 e. The van der Waals surface area contributed by atoms with Crippen LogP contribution in [0.3, 0.4) is 0 Å². The molecule has 0 aromatic carbocycles. The van der Waals surface area contributed by atoms with Crippen LogP contribution in [0.15, 0.2) is 28.3 Å². The Balaban J connectivity index is 1.66. The van der Waals surface area contributed by atoms with Gasteiger partial charge in [0.05, 0.1) is 17.3 Å². The topological polar surface area (TPSA) is 145 Å². The van der Waals surface area contributed by atoms with E-state index in [0.717, 1.165) is 44.8 Å². The van der Waals surface area contributed by atoms with Gasteiger partial charge in [0.25, 0.3) is 0 Å². The largest absolute Gasteiger partial charge is 0.386 e.